The van der Waals surface area contributed by atoms with Crippen LogP contribution < -0.4 is 0 Å². The Labute approximate surface area is 88.8 Å². The molecule has 1 aliphatic carbocycles. The lowest BCUT2D eigenvalue weighted by molar-refractivity contribution is 0.585. The molecule has 0 aliphatic heterocycles. The Hall–Kier alpha value is -1.48. The molecule has 1 heterocycles. The molecule has 0 amide bonds. The molecule has 1 aromatic rings. The van der Waals surface area contributed by atoms with Crippen molar-refractivity contribution in [2.75, 3.05) is 6.54 Å². The molecule has 0 radical (unpaired) electrons. The molecule has 0 atom stereocenters. The van der Waals surface area contributed by atoms with Crippen molar-refractivity contribution in [3.8, 4) is 0 Å². The number of nitrogens with zero attached hydrogens (tertiary/aromatic N) is 5. The van der Waals surface area contributed by atoms with Gasteiger partial charge in [0, 0.05) is 23.7 Å². The Morgan fingerprint density at radius 2 is 2.33 bits per heavy atom. The van der Waals surface area contributed by atoms with Crippen LogP contribution in [0.5, 0.6) is 0 Å². The molecule has 5 heteroatoms. The van der Waals surface area contributed by atoms with Crippen molar-refractivity contribution in [2.24, 2.45) is 5.11 Å². The fourth-order valence-corrected chi connectivity index (χ4v) is 2.08. The Balaban J connectivity index is 1.96. The Bertz CT molecular complexity index is 375. The molecule has 1 aliphatic rings. The number of aromatic nitrogens is 2. The van der Waals surface area contributed by atoms with Gasteiger partial charge in [-0.25, -0.2) is 4.98 Å². The maximum absolute atomic E-state index is 8.15. The van der Waals surface area contributed by atoms with Crippen LogP contribution in [-0.4, -0.2) is 16.1 Å². The van der Waals surface area contributed by atoms with Crippen molar-refractivity contribution in [1.29, 1.82) is 0 Å². The first-order chi connectivity index (χ1) is 7.42. The van der Waals surface area contributed by atoms with E-state index in [1.54, 1.807) is 0 Å². The maximum atomic E-state index is 8.15. The average molecular weight is 205 g/mol. The second kappa shape index (κ2) is 4.84. The first-order valence-corrected chi connectivity index (χ1v) is 5.45. The predicted molar refractivity (Wildman–Crippen MR) is 57.5 cm³/mol. The molecule has 5 nitrogen and oxygen atoms in total. The lowest BCUT2D eigenvalue weighted by Gasteiger charge is -2.13. The van der Waals surface area contributed by atoms with Gasteiger partial charge in [-0.3, -0.25) is 0 Å². The first-order valence-electron chi connectivity index (χ1n) is 5.45. The summed E-state index contributed by atoms with van der Waals surface area (Å²) in [6.07, 6.45) is 7.63. The van der Waals surface area contributed by atoms with Gasteiger partial charge in [0.15, 0.2) is 0 Å². The molecule has 1 aromatic heterocycles. The smallest absolute Gasteiger partial charge is 0.0951 e. The van der Waals surface area contributed by atoms with Gasteiger partial charge in [-0.1, -0.05) is 5.11 Å². The van der Waals surface area contributed by atoms with E-state index in [0.717, 1.165) is 25.8 Å². The SMILES string of the molecule is [N-]=[N+]=NCCCn1cnc2c1CCCC2. The van der Waals surface area contributed by atoms with Gasteiger partial charge in [-0.15, -0.1) is 0 Å². The summed E-state index contributed by atoms with van der Waals surface area (Å²) in [6.45, 7) is 1.49. The van der Waals surface area contributed by atoms with Gasteiger partial charge in [0.2, 0.25) is 0 Å². The standard InChI is InChI=1S/C10H15N5/c11-14-13-6-3-7-15-8-12-9-4-1-2-5-10(9)15/h8H,1-7H2. The maximum Gasteiger partial charge on any atom is 0.0951 e. The Morgan fingerprint density at radius 1 is 1.47 bits per heavy atom. The lowest BCUT2D eigenvalue weighted by atomic mass is 10.0. The molecule has 0 unspecified atom stereocenters. The van der Waals surface area contributed by atoms with Gasteiger partial charge in [-0.2, -0.15) is 0 Å². The average Bonchev–Trinajstić information content (AvgIpc) is 2.68. The summed E-state index contributed by atoms with van der Waals surface area (Å²) in [7, 11) is 0. The summed E-state index contributed by atoms with van der Waals surface area (Å²) in [5, 5.41) is 3.53. The monoisotopic (exact) mass is 205 g/mol. The van der Waals surface area contributed by atoms with Crippen LogP contribution >= 0.6 is 0 Å². The minimum absolute atomic E-state index is 0.573. The highest BCUT2D eigenvalue weighted by atomic mass is 15.1. The number of fused-ring (bicyclic) bond motifs is 1. The van der Waals surface area contributed by atoms with E-state index in [9.17, 15) is 0 Å². The van der Waals surface area contributed by atoms with Gasteiger partial charge in [0.1, 0.15) is 0 Å². The van der Waals surface area contributed by atoms with Crippen LogP contribution in [0.4, 0.5) is 0 Å². The van der Waals surface area contributed by atoms with E-state index in [1.807, 2.05) is 6.33 Å². The van der Waals surface area contributed by atoms with Crippen LogP contribution in [0.2, 0.25) is 0 Å². The molecule has 0 spiro atoms. The number of hydrogen-bond donors (Lipinski definition) is 0. The summed E-state index contributed by atoms with van der Waals surface area (Å²) in [4.78, 5) is 7.16. The molecule has 0 aromatic carbocycles. The van der Waals surface area contributed by atoms with Crippen molar-refractivity contribution in [3.05, 3.63) is 28.2 Å². The van der Waals surface area contributed by atoms with E-state index in [4.69, 9.17) is 5.53 Å². The normalized spacial score (nSPS) is 14.4. The second-order valence-corrected chi connectivity index (χ2v) is 3.85. The van der Waals surface area contributed by atoms with E-state index < -0.39 is 0 Å². The zero-order valence-electron chi connectivity index (χ0n) is 8.76. The Morgan fingerprint density at radius 3 is 3.20 bits per heavy atom. The van der Waals surface area contributed by atoms with Crippen molar-refractivity contribution >= 4 is 0 Å². The zero-order valence-corrected chi connectivity index (χ0v) is 8.76. The van der Waals surface area contributed by atoms with Gasteiger partial charge in [0.25, 0.3) is 0 Å². The highest BCUT2D eigenvalue weighted by Gasteiger charge is 2.14. The third-order valence-corrected chi connectivity index (χ3v) is 2.83. The lowest BCUT2D eigenvalue weighted by Crippen LogP contribution is -2.08. The number of hydrogen-bond acceptors (Lipinski definition) is 2. The molecular weight excluding hydrogens is 190 g/mol. The molecule has 80 valence electrons. The van der Waals surface area contributed by atoms with Crippen LogP contribution in [0.25, 0.3) is 10.4 Å². The van der Waals surface area contributed by atoms with Crippen LogP contribution in [0.15, 0.2) is 11.4 Å². The van der Waals surface area contributed by atoms with Crippen LogP contribution in [0, 0.1) is 0 Å². The fraction of sp³-hybridized carbons (Fsp3) is 0.700. The van der Waals surface area contributed by atoms with Crippen LogP contribution in [-0.2, 0) is 19.4 Å². The third kappa shape index (κ3) is 2.30. The zero-order chi connectivity index (χ0) is 10.5. The minimum Gasteiger partial charge on any atom is -0.334 e. The van der Waals surface area contributed by atoms with Gasteiger partial charge in [0.05, 0.1) is 12.0 Å². The molecule has 0 bridgehead atoms. The number of rotatable bonds is 4. The summed E-state index contributed by atoms with van der Waals surface area (Å²) >= 11 is 0. The molecule has 0 fully saturated rings. The number of azide groups is 1. The summed E-state index contributed by atoms with van der Waals surface area (Å²) in [5.74, 6) is 0. The number of imidazole rings is 1. The summed E-state index contributed by atoms with van der Waals surface area (Å²) in [5.41, 5.74) is 10.8. The topological polar surface area (TPSA) is 66.6 Å². The van der Waals surface area contributed by atoms with E-state index in [2.05, 4.69) is 19.6 Å². The third-order valence-electron chi connectivity index (χ3n) is 2.83. The van der Waals surface area contributed by atoms with Crippen molar-refractivity contribution in [1.82, 2.24) is 9.55 Å². The number of aryl methyl sites for hydroxylation is 2. The largest absolute Gasteiger partial charge is 0.334 e. The molecule has 15 heavy (non-hydrogen) atoms. The van der Waals surface area contributed by atoms with E-state index in [1.165, 1.54) is 24.2 Å². The molecule has 0 saturated carbocycles. The van der Waals surface area contributed by atoms with E-state index >= 15 is 0 Å². The minimum atomic E-state index is 0.573. The predicted octanol–water partition coefficient (Wildman–Crippen LogP) is 2.46. The first kappa shape index (κ1) is 10.1. The van der Waals surface area contributed by atoms with Crippen LogP contribution in [0.3, 0.4) is 0 Å². The Kier molecular flexibility index (Phi) is 3.25. The fourth-order valence-electron chi connectivity index (χ4n) is 2.08. The van der Waals surface area contributed by atoms with Crippen LogP contribution in [0.1, 0.15) is 30.7 Å². The highest BCUT2D eigenvalue weighted by molar-refractivity contribution is 5.16. The van der Waals surface area contributed by atoms with Gasteiger partial charge in [-0.05, 0) is 37.6 Å². The van der Waals surface area contributed by atoms with Gasteiger partial charge >= 0.3 is 0 Å². The highest BCUT2D eigenvalue weighted by Crippen LogP contribution is 2.19. The quantitative estimate of drug-likeness (QED) is 0.322. The summed E-state index contributed by atoms with van der Waals surface area (Å²) < 4.78 is 2.21. The van der Waals surface area contributed by atoms with Gasteiger partial charge < -0.3 is 4.57 Å². The van der Waals surface area contributed by atoms with Crippen molar-refractivity contribution in [2.45, 2.75) is 38.6 Å². The molecule has 2 rings (SSSR count). The molecule has 0 saturated heterocycles. The van der Waals surface area contributed by atoms with Crippen molar-refractivity contribution < 1.29 is 0 Å². The van der Waals surface area contributed by atoms with E-state index in [0.29, 0.717) is 6.54 Å². The molecule has 0 N–H and O–H groups in total. The van der Waals surface area contributed by atoms with E-state index in [-0.39, 0.29) is 0 Å². The van der Waals surface area contributed by atoms with Crippen molar-refractivity contribution in [3.63, 3.8) is 0 Å². The molecular formula is C10H15N5. The second-order valence-electron chi connectivity index (χ2n) is 3.85. The summed E-state index contributed by atoms with van der Waals surface area (Å²) in [6, 6.07) is 0.